The minimum absolute atomic E-state index is 0.362. The summed E-state index contributed by atoms with van der Waals surface area (Å²) in [7, 11) is 0. The number of nitrogens with one attached hydrogen (secondary N) is 1. The van der Waals surface area contributed by atoms with Crippen molar-refractivity contribution in [2.24, 2.45) is 0 Å². The van der Waals surface area contributed by atoms with Crippen LogP contribution >= 0.6 is 0 Å². The summed E-state index contributed by atoms with van der Waals surface area (Å²) in [5.41, 5.74) is 0.929. The van der Waals surface area contributed by atoms with Gasteiger partial charge >= 0.3 is 5.97 Å². The molecule has 15 heavy (non-hydrogen) atoms. The summed E-state index contributed by atoms with van der Waals surface area (Å²) >= 11 is 0. The SMILES string of the molecule is CC(O)N[C@@H](Cc1ccccc1)C(=O)O. The first kappa shape index (κ1) is 11.7. The number of carboxylic acids is 1. The van der Waals surface area contributed by atoms with Crippen molar-refractivity contribution < 1.29 is 15.0 Å². The number of hydrogen-bond donors (Lipinski definition) is 3. The predicted molar refractivity (Wildman–Crippen MR) is 56.4 cm³/mol. The van der Waals surface area contributed by atoms with E-state index in [-0.39, 0.29) is 0 Å². The average molecular weight is 209 g/mol. The Morgan fingerprint density at radius 2 is 2.00 bits per heavy atom. The monoisotopic (exact) mass is 209 g/mol. The molecule has 0 spiro atoms. The molecule has 4 heteroatoms. The minimum Gasteiger partial charge on any atom is -0.480 e. The highest BCUT2D eigenvalue weighted by atomic mass is 16.4. The number of hydrogen-bond acceptors (Lipinski definition) is 3. The normalized spacial score (nSPS) is 14.5. The molecule has 0 saturated carbocycles. The largest absolute Gasteiger partial charge is 0.480 e. The third-order valence-corrected chi connectivity index (χ3v) is 2.02. The number of carboxylic acid groups (broad SMARTS) is 1. The van der Waals surface area contributed by atoms with Crippen molar-refractivity contribution in [2.75, 3.05) is 0 Å². The first-order valence-electron chi connectivity index (χ1n) is 4.80. The molecule has 0 amide bonds. The number of aliphatic carboxylic acids is 1. The predicted octanol–water partition coefficient (Wildman–Crippen LogP) is 0.610. The van der Waals surface area contributed by atoms with Gasteiger partial charge in [-0.3, -0.25) is 10.1 Å². The zero-order valence-corrected chi connectivity index (χ0v) is 8.55. The lowest BCUT2D eigenvalue weighted by molar-refractivity contribution is -0.140. The molecule has 0 aliphatic rings. The highest BCUT2D eigenvalue weighted by Gasteiger charge is 2.18. The third-order valence-electron chi connectivity index (χ3n) is 2.02. The van der Waals surface area contributed by atoms with Gasteiger partial charge in [-0.05, 0) is 18.9 Å². The smallest absolute Gasteiger partial charge is 0.321 e. The number of rotatable bonds is 5. The fourth-order valence-electron chi connectivity index (χ4n) is 1.36. The van der Waals surface area contributed by atoms with E-state index in [2.05, 4.69) is 5.32 Å². The van der Waals surface area contributed by atoms with Crippen LogP contribution in [-0.4, -0.2) is 28.5 Å². The molecule has 1 aromatic rings. The zero-order valence-electron chi connectivity index (χ0n) is 8.55. The van der Waals surface area contributed by atoms with Crippen LogP contribution < -0.4 is 5.32 Å². The Morgan fingerprint density at radius 3 is 2.47 bits per heavy atom. The van der Waals surface area contributed by atoms with E-state index in [4.69, 9.17) is 10.2 Å². The Bertz CT molecular complexity index is 311. The van der Waals surface area contributed by atoms with Crippen LogP contribution in [0.4, 0.5) is 0 Å². The van der Waals surface area contributed by atoms with Gasteiger partial charge in [0.15, 0.2) is 0 Å². The van der Waals surface area contributed by atoms with Gasteiger partial charge in [-0.15, -0.1) is 0 Å². The molecule has 1 aromatic carbocycles. The molecule has 82 valence electrons. The molecule has 4 nitrogen and oxygen atoms in total. The summed E-state index contributed by atoms with van der Waals surface area (Å²) in [6.07, 6.45) is -0.462. The molecule has 0 radical (unpaired) electrons. The number of aliphatic hydroxyl groups excluding tert-OH is 1. The summed E-state index contributed by atoms with van der Waals surface area (Å²) < 4.78 is 0. The lowest BCUT2D eigenvalue weighted by atomic mass is 10.1. The van der Waals surface area contributed by atoms with E-state index in [0.717, 1.165) is 5.56 Å². The lowest BCUT2D eigenvalue weighted by Crippen LogP contribution is -2.43. The van der Waals surface area contributed by atoms with Gasteiger partial charge in [0, 0.05) is 0 Å². The fourth-order valence-corrected chi connectivity index (χ4v) is 1.36. The van der Waals surface area contributed by atoms with E-state index in [1.165, 1.54) is 6.92 Å². The Hall–Kier alpha value is -1.39. The average Bonchev–Trinajstić information content (AvgIpc) is 2.17. The van der Waals surface area contributed by atoms with Crippen LogP contribution in [0.15, 0.2) is 30.3 Å². The van der Waals surface area contributed by atoms with Crippen molar-refractivity contribution in [3.05, 3.63) is 35.9 Å². The molecular weight excluding hydrogens is 194 g/mol. The second-order valence-electron chi connectivity index (χ2n) is 3.42. The molecule has 1 rings (SSSR count). The van der Waals surface area contributed by atoms with Crippen molar-refractivity contribution in [3.63, 3.8) is 0 Å². The van der Waals surface area contributed by atoms with Gasteiger partial charge in [-0.25, -0.2) is 0 Å². The van der Waals surface area contributed by atoms with Crippen molar-refractivity contribution in [1.29, 1.82) is 0 Å². The van der Waals surface area contributed by atoms with E-state index in [1.807, 2.05) is 30.3 Å². The third kappa shape index (κ3) is 4.10. The molecule has 0 heterocycles. The fraction of sp³-hybridized carbons (Fsp3) is 0.364. The molecular formula is C11H15NO3. The highest BCUT2D eigenvalue weighted by Crippen LogP contribution is 2.03. The van der Waals surface area contributed by atoms with Crippen molar-refractivity contribution >= 4 is 5.97 Å². The standard InChI is InChI=1S/C11H15NO3/c1-8(13)12-10(11(14)15)7-9-5-3-2-4-6-9/h2-6,8,10,12-13H,7H2,1H3,(H,14,15)/t8?,10-/m0/s1. The molecule has 0 fully saturated rings. The molecule has 3 N–H and O–H groups in total. The topological polar surface area (TPSA) is 69.6 Å². The first-order valence-corrected chi connectivity index (χ1v) is 4.80. The summed E-state index contributed by atoms with van der Waals surface area (Å²) in [5.74, 6) is -0.959. The van der Waals surface area contributed by atoms with Gasteiger partial charge in [0.2, 0.25) is 0 Å². The molecule has 0 saturated heterocycles. The van der Waals surface area contributed by atoms with Gasteiger partial charge in [0.25, 0.3) is 0 Å². The molecule has 0 aromatic heterocycles. The van der Waals surface area contributed by atoms with Gasteiger partial charge in [-0.2, -0.15) is 0 Å². The van der Waals surface area contributed by atoms with Gasteiger partial charge in [-0.1, -0.05) is 30.3 Å². The van der Waals surface area contributed by atoms with Gasteiger partial charge < -0.3 is 10.2 Å². The summed E-state index contributed by atoms with van der Waals surface area (Å²) in [5, 5.41) is 20.6. The molecule has 1 unspecified atom stereocenters. The van der Waals surface area contributed by atoms with E-state index in [1.54, 1.807) is 0 Å². The van der Waals surface area contributed by atoms with Crippen LogP contribution in [0.3, 0.4) is 0 Å². The first-order chi connectivity index (χ1) is 7.09. The van der Waals surface area contributed by atoms with Crippen LogP contribution in [0, 0.1) is 0 Å². The quantitative estimate of drug-likeness (QED) is 0.621. The summed E-state index contributed by atoms with van der Waals surface area (Å²) in [4.78, 5) is 10.9. The van der Waals surface area contributed by atoms with Crippen LogP contribution in [0.5, 0.6) is 0 Å². The summed E-state index contributed by atoms with van der Waals surface area (Å²) in [6.45, 7) is 1.50. The van der Waals surface area contributed by atoms with E-state index < -0.39 is 18.2 Å². The second kappa shape index (κ2) is 5.48. The van der Waals surface area contributed by atoms with Crippen LogP contribution in [0.1, 0.15) is 12.5 Å². The maximum atomic E-state index is 10.9. The van der Waals surface area contributed by atoms with Crippen LogP contribution in [0.25, 0.3) is 0 Å². The van der Waals surface area contributed by atoms with Crippen LogP contribution in [0.2, 0.25) is 0 Å². The second-order valence-corrected chi connectivity index (χ2v) is 3.42. The number of benzene rings is 1. The molecule has 0 bridgehead atoms. The molecule has 2 atom stereocenters. The molecule has 0 aliphatic heterocycles. The Kier molecular flexibility index (Phi) is 4.27. The minimum atomic E-state index is -0.959. The summed E-state index contributed by atoms with van der Waals surface area (Å²) in [6, 6.07) is 8.56. The van der Waals surface area contributed by atoms with Gasteiger partial charge in [0.05, 0.1) is 0 Å². The van der Waals surface area contributed by atoms with Crippen molar-refractivity contribution in [2.45, 2.75) is 25.6 Å². The maximum absolute atomic E-state index is 10.9. The maximum Gasteiger partial charge on any atom is 0.321 e. The Balaban J connectivity index is 2.63. The number of aliphatic hydroxyl groups is 1. The van der Waals surface area contributed by atoms with E-state index in [0.29, 0.717) is 6.42 Å². The zero-order chi connectivity index (χ0) is 11.3. The highest BCUT2D eigenvalue weighted by molar-refractivity contribution is 5.73. The Labute approximate surface area is 88.6 Å². The Morgan fingerprint density at radius 1 is 1.40 bits per heavy atom. The van der Waals surface area contributed by atoms with E-state index >= 15 is 0 Å². The van der Waals surface area contributed by atoms with Crippen molar-refractivity contribution in [1.82, 2.24) is 5.32 Å². The number of carbonyl (C=O) groups is 1. The van der Waals surface area contributed by atoms with E-state index in [9.17, 15) is 4.79 Å². The lowest BCUT2D eigenvalue weighted by Gasteiger charge is -2.16. The van der Waals surface area contributed by atoms with Crippen molar-refractivity contribution in [3.8, 4) is 0 Å². The van der Waals surface area contributed by atoms with Crippen LogP contribution in [-0.2, 0) is 11.2 Å². The van der Waals surface area contributed by atoms with Gasteiger partial charge in [0.1, 0.15) is 12.3 Å². The molecule has 0 aliphatic carbocycles.